The van der Waals surface area contributed by atoms with Crippen LogP contribution in [0.25, 0.3) is 0 Å². The van der Waals surface area contributed by atoms with Gasteiger partial charge in [-0.2, -0.15) is 0 Å². The van der Waals surface area contributed by atoms with Crippen molar-refractivity contribution in [3.63, 3.8) is 0 Å². The lowest BCUT2D eigenvalue weighted by molar-refractivity contribution is 0.0118. The van der Waals surface area contributed by atoms with E-state index in [0.29, 0.717) is 19.1 Å². The summed E-state index contributed by atoms with van der Waals surface area (Å²) in [7, 11) is -0.456. The molecule has 0 aliphatic carbocycles. The second-order valence-electron chi connectivity index (χ2n) is 3.91. The molecule has 0 spiro atoms. The summed E-state index contributed by atoms with van der Waals surface area (Å²) in [5.41, 5.74) is -0.186. The van der Waals surface area contributed by atoms with Gasteiger partial charge in [-0.15, -0.1) is 0 Å². The number of hydrogen-bond donors (Lipinski definition) is 0. The van der Waals surface area contributed by atoms with Crippen molar-refractivity contribution >= 4 is 7.32 Å². The lowest BCUT2D eigenvalue weighted by Crippen LogP contribution is -2.38. The molecule has 1 fully saturated rings. The van der Waals surface area contributed by atoms with Gasteiger partial charge in [0.15, 0.2) is 0 Å². The smallest absolute Gasteiger partial charge is 0.305 e. The van der Waals surface area contributed by atoms with Crippen molar-refractivity contribution < 1.29 is 14.0 Å². The molecule has 71 valence electrons. The number of rotatable bonds is 3. The topological polar surface area (TPSA) is 27.7 Å². The average Bonchev–Trinajstić information content (AvgIpc) is 2.38. The van der Waals surface area contributed by atoms with E-state index in [0.717, 1.165) is 0 Å². The molecule has 4 heteroatoms. The van der Waals surface area contributed by atoms with Gasteiger partial charge < -0.3 is 14.0 Å². The van der Waals surface area contributed by atoms with Crippen molar-refractivity contribution in [3.05, 3.63) is 0 Å². The zero-order valence-electron chi connectivity index (χ0n) is 8.29. The molecule has 1 radical (unpaired) electrons. The van der Waals surface area contributed by atoms with E-state index < -0.39 is 7.32 Å². The van der Waals surface area contributed by atoms with Crippen LogP contribution in [-0.4, -0.2) is 26.1 Å². The van der Waals surface area contributed by atoms with Gasteiger partial charge in [0.05, 0.1) is 0 Å². The Balaban J connectivity index is 2.37. The molecule has 0 atom stereocenters. The first-order valence-electron chi connectivity index (χ1n) is 4.43. The van der Waals surface area contributed by atoms with Crippen LogP contribution in [-0.2, 0) is 14.0 Å². The van der Waals surface area contributed by atoms with Gasteiger partial charge in [-0.3, -0.25) is 0 Å². The summed E-state index contributed by atoms with van der Waals surface area (Å²) in [6.45, 7) is 9.60. The second kappa shape index (κ2) is 3.77. The van der Waals surface area contributed by atoms with E-state index in [2.05, 4.69) is 13.8 Å². The molecule has 0 aromatic carbocycles. The average molecular weight is 172 g/mol. The van der Waals surface area contributed by atoms with E-state index >= 15 is 0 Å². The Kier molecular flexibility index (Phi) is 3.15. The standard InChI is InChI=1S/C8H17BO3/c1-7(2)8(3,4)12-9-10-5-6-11-9/h7H,5-6H2,1-4H3/q-1. The van der Waals surface area contributed by atoms with Crippen molar-refractivity contribution in [1.82, 2.24) is 0 Å². The van der Waals surface area contributed by atoms with E-state index in [-0.39, 0.29) is 5.60 Å². The molecule has 1 aliphatic heterocycles. The highest BCUT2D eigenvalue weighted by molar-refractivity contribution is 6.37. The molecule has 0 saturated carbocycles. The fraction of sp³-hybridized carbons (Fsp3) is 1.00. The maximum Gasteiger partial charge on any atom is 0.305 e. The Morgan fingerprint density at radius 2 is 1.75 bits per heavy atom. The molecule has 1 aliphatic rings. The van der Waals surface area contributed by atoms with E-state index in [1.165, 1.54) is 0 Å². The van der Waals surface area contributed by atoms with E-state index in [1.807, 2.05) is 13.8 Å². The molecular weight excluding hydrogens is 155 g/mol. The first kappa shape index (κ1) is 10.0. The third-order valence-electron chi connectivity index (χ3n) is 2.38. The largest absolute Gasteiger partial charge is 0.565 e. The first-order chi connectivity index (χ1) is 5.52. The monoisotopic (exact) mass is 172 g/mol. The summed E-state index contributed by atoms with van der Waals surface area (Å²) in [5, 5.41) is 0. The first-order valence-corrected chi connectivity index (χ1v) is 4.43. The third kappa shape index (κ3) is 2.47. The fourth-order valence-corrected chi connectivity index (χ4v) is 0.789. The maximum atomic E-state index is 5.62. The van der Waals surface area contributed by atoms with Crippen molar-refractivity contribution in [2.24, 2.45) is 5.92 Å². The Labute approximate surface area is 74.6 Å². The minimum atomic E-state index is -0.456. The molecule has 1 heterocycles. The molecule has 1 saturated heterocycles. The van der Waals surface area contributed by atoms with Crippen LogP contribution in [0.1, 0.15) is 27.7 Å². The predicted molar refractivity (Wildman–Crippen MR) is 47.7 cm³/mol. The van der Waals surface area contributed by atoms with Crippen LogP contribution in [0.5, 0.6) is 0 Å². The van der Waals surface area contributed by atoms with Crippen LogP contribution < -0.4 is 0 Å². The van der Waals surface area contributed by atoms with Gasteiger partial charge in [0.1, 0.15) is 0 Å². The number of hydrogen-bond acceptors (Lipinski definition) is 3. The van der Waals surface area contributed by atoms with Crippen LogP contribution in [0.3, 0.4) is 0 Å². The van der Waals surface area contributed by atoms with Crippen molar-refractivity contribution in [3.8, 4) is 0 Å². The molecule has 0 N–H and O–H groups in total. The van der Waals surface area contributed by atoms with Crippen LogP contribution in [0, 0.1) is 5.92 Å². The normalized spacial score (nSPS) is 20.8. The molecule has 3 nitrogen and oxygen atoms in total. The van der Waals surface area contributed by atoms with Gasteiger partial charge in [-0.1, -0.05) is 13.8 Å². The Morgan fingerprint density at radius 1 is 1.25 bits per heavy atom. The fourth-order valence-electron chi connectivity index (χ4n) is 0.789. The highest BCUT2D eigenvalue weighted by Gasteiger charge is 2.23. The van der Waals surface area contributed by atoms with Crippen molar-refractivity contribution in [1.29, 1.82) is 0 Å². The quantitative estimate of drug-likeness (QED) is 0.603. The molecule has 0 aromatic heterocycles. The van der Waals surface area contributed by atoms with Crippen LogP contribution >= 0.6 is 0 Å². The third-order valence-corrected chi connectivity index (χ3v) is 2.38. The Hall–Kier alpha value is -0.0551. The van der Waals surface area contributed by atoms with Gasteiger partial charge in [0.2, 0.25) is 0 Å². The molecule has 0 aromatic rings. The summed E-state index contributed by atoms with van der Waals surface area (Å²) in [4.78, 5) is 0. The van der Waals surface area contributed by atoms with Crippen LogP contribution in [0.2, 0.25) is 0 Å². The van der Waals surface area contributed by atoms with Crippen LogP contribution in [0.4, 0.5) is 0 Å². The van der Waals surface area contributed by atoms with E-state index in [4.69, 9.17) is 14.0 Å². The highest BCUT2D eigenvalue weighted by atomic mass is 16.8. The molecular formula is C8H17BO3-. The van der Waals surface area contributed by atoms with E-state index in [9.17, 15) is 0 Å². The summed E-state index contributed by atoms with van der Waals surface area (Å²) < 4.78 is 16.0. The van der Waals surface area contributed by atoms with Gasteiger partial charge in [-0.25, -0.2) is 0 Å². The van der Waals surface area contributed by atoms with Gasteiger partial charge in [0, 0.05) is 18.8 Å². The highest BCUT2D eigenvalue weighted by Crippen LogP contribution is 2.22. The molecule has 0 unspecified atom stereocenters. The molecule has 1 rings (SSSR count). The summed E-state index contributed by atoms with van der Waals surface area (Å²) >= 11 is 0. The van der Waals surface area contributed by atoms with Gasteiger partial charge in [-0.05, 0) is 19.8 Å². The minimum absolute atomic E-state index is 0.186. The van der Waals surface area contributed by atoms with Crippen molar-refractivity contribution in [2.45, 2.75) is 33.3 Å². The predicted octanol–water partition coefficient (Wildman–Crippen LogP) is 1.47. The summed E-state index contributed by atoms with van der Waals surface area (Å²) in [6, 6.07) is 0. The van der Waals surface area contributed by atoms with Gasteiger partial charge >= 0.3 is 7.32 Å². The SMILES string of the molecule is CC(C)C(C)(C)O[B-]1OCCO1. The van der Waals surface area contributed by atoms with Gasteiger partial charge in [0.25, 0.3) is 0 Å². The summed E-state index contributed by atoms with van der Waals surface area (Å²) in [6.07, 6.45) is 0. The zero-order valence-corrected chi connectivity index (χ0v) is 8.29. The molecule has 0 bridgehead atoms. The Morgan fingerprint density at radius 3 is 2.17 bits per heavy atom. The lowest BCUT2D eigenvalue weighted by atomic mass is 9.93. The summed E-state index contributed by atoms with van der Waals surface area (Å²) in [5.74, 6) is 0.449. The molecule has 12 heavy (non-hydrogen) atoms. The van der Waals surface area contributed by atoms with Crippen molar-refractivity contribution in [2.75, 3.05) is 13.2 Å². The minimum Gasteiger partial charge on any atom is -0.565 e. The van der Waals surface area contributed by atoms with Crippen LogP contribution in [0.15, 0.2) is 0 Å². The Bertz CT molecular complexity index is 141. The molecule has 0 amide bonds. The van der Waals surface area contributed by atoms with E-state index in [1.54, 1.807) is 0 Å². The lowest BCUT2D eigenvalue weighted by Gasteiger charge is -2.39. The maximum absolute atomic E-state index is 5.62. The second-order valence-corrected chi connectivity index (χ2v) is 3.91. The zero-order chi connectivity index (χ0) is 9.19.